The Morgan fingerprint density at radius 1 is 1.26 bits per heavy atom. The van der Waals surface area contributed by atoms with Gasteiger partial charge in [-0.15, -0.1) is 0 Å². The van der Waals surface area contributed by atoms with Crippen LogP contribution in [0.2, 0.25) is 0 Å². The van der Waals surface area contributed by atoms with Crippen LogP contribution in [0.5, 0.6) is 5.75 Å². The maximum Gasteiger partial charge on any atom is 0.272 e. The van der Waals surface area contributed by atoms with Crippen molar-refractivity contribution in [2.75, 3.05) is 13.1 Å². The first-order chi connectivity index (χ1) is 13.0. The number of hydrogen-bond acceptors (Lipinski definition) is 6. The van der Waals surface area contributed by atoms with Crippen molar-refractivity contribution in [2.24, 2.45) is 0 Å². The zero-order chi connectivity index (χ0) is 18.9. The van der Waals surface area contributed by atoms with Crippen LogP contribution in [0.25, 0.3) is 16.9 Å². The van der Waals surface area contributed by atoms with E-state index >= 15 is 0 Å². The lowest BCUT2D eigenvalue weighted by atomic mass is 10.1. The van der Waals surface area contributed by atoms with Crippen LogP contribution in [0.15, 0.2) is 54.3 Å². The lowest BCUT2D eigenvalue weighted by molar-refractivity contribution is -0.0141. The maximum absolute atomic E-state index is 13.9. The zero-order valence-corrected chi connectivity index (χ0v) is 15.0. The van der Waals surface area contributed by atoms with Gasteiger partial charge in [0, 0.05) is 24.0 Å². The summed E-state index contributed by atoms with van der Waals surface area (Å²) in [6, 6.07) is 5.18. The van der Waals surface area contributed by atoms with Gasteiger partial charge in [0.1, 0.15) is 10.8 Å². The second-order valence-corrected chi connectivity index (χ2v) is 7.47. The highest BCUT2D eigenvalue weighted by Gasteiger charge is 2.42. The van der Waals surface area contributed by atoms with Crippen LogP contribution in [-0.4, -0.2) is 48.9 Å². The van der Waals surface area contributed by atoms with Crippen molar-refractivity contribution >= 4 is 11.8 Å². The molecule has 0 saturated carbocycles. The Morgan fingerprint density at radius 3 is 2.81 bits per heavy atom. The number of aromatic nitrogens is 4. The standard InChI is InChI=1S/C18H17F2N5OS/c19-18(20)10-21-4-3-16(18)27-17-9-23-14(8-24-17)13-2-1-12(7-15(13)26)25-6-5-22-11-25/h1-2,5-9,11,16,21,26H,3-4,10H2. The molecule has 1 atom stereocenters. The van der Waals surface area contributed by atoms with E-state index in [0.29, 0.717) is 29.2 Å². The Bertz CT molecular complexity index is 918. The van der Waals surface area contributed by atoms with Gasteiger partial charge >= 0.3 is 0 Å². The molecule has 3 aromatic rings. The van der Waals surface area contributed by atoms with Crippen LogP contribution in [0.4, 0.5) is 8.78 Å². The minimum Gasteiger partial charge on any atom is -0.507 e. The summed E-state index contributed by atoms with van der Waals surface area (Å²) in [6.45, 7) is 0.253. The number of rotatable bonds is 4. The fourth-order valence-electron chi connectivity index (χ4n) is 2.93. The summed E-state index contributed by atoms with van der Waals surface area (Å²) < 4.78 is 29.6. The molecule has 3 heterocycles. The molecule has 6 nitrogen and oxygen atoms in total. The predicted octanol–water partition coefficient (Wildman–Crippen LogP) is 3.12. The summed E-state index contributed by atoms with van der Waals surface area (Å²) in [6.07, 6.45) is 8.40. The van der Waals surface area contributed by atoms with Crippen LogP contribution in [0.3, 0.4) is 0 Å². The van der Waals surface area contributed by atoms with Crippen molar-refractivity contribution in [1.29, 1.82) is 0 Å². The number of piperidine rings is 1. The number of halogens is 2. The number of benzene rings is 1. The average Bonchev–Trinajstić information content (AvgIpc) is 3.19. The largest absolute Gasteiger partial charge is 0.507 e. The smallest absolute Gasteiger partial charge is 0.272 e. The van der Waals surface area contributed by atoms with E-state index in [9.17, 15) is 13.9 Å². The van der Waals surface area contributed by atoms with Crippen molar-refractivity contribution in [3.05, 3.63) is 49.3 Å². The molecule has 4 rings (SSSR count). The van der Waals surface area contributed by atoms with Crippen LogP contribution in [0, 0.1) is 0 Å². The summed E-state index contributed by atoms with van der Waals surface area (Å²) in [5, 5.41) is 12.7. The number of aromatic hydroxyl groups is 1. The molecule has 1 aliphatic rings. The number of thioether (sulfide) groups is 1. The fourth-order valence-corrected chi connectivity index (χ4v) is 3.94. The van der Waals surface area contributed by atoms with E-state index in [2.05, 4.69) is 20.3 Å². The van der Waals surface area contributed by atoms with Crippen molar-refractivity contribution in [3.8, 4) is 22.7 Å². The lowest BCUT2D eigenvalue weighted by Gasteiger charge is -2.30. The first-order valence-electron chi connectivity index (χ1n) is 8.42. The summed E-state index contributed by atoms with van der Waals surface area (Å²) in [4.78, 5) is 12.5. The highest BCUT2D eigenvalue weighted by atomic mass is 32.2. The lowest BCUT2D eigenvalue weighted by Crippen LogP contribution is -2.47. The molecule has 2 N–H and O–H groups in total. The van der Waals surface area contributed by atoms with Crippen molar-refractivity contribution in [2.45, 2.75) is 22.6 Å². The molecule has 0 radical (unpaired) electrons. The molecular formula is C18H17F2N5OS. The third-order valence-electron chi connectivity index (χ3n) is 4.37. The van der Waals surface area contributed by atoms with Gasteiger partial charge in [-0.3, -0.25) is 4.98 Å². The minimum absolute atomic E-state index is 0.0563. The molecular weight excluding hydrogens is 372 g/mol. The van der Waals surface area contributed by atoms with Gasteiger partial charge < -0.3 is 15.0 Å². The fraction of sp³-hybridized carbons (Fsp3) is 0.278. The van der Waals surface area contributed by atoms with Crippen molar-refractivity contribution in [1.82, 2.24) is 24.8 Å². The SMILES string of the molecule is Oc1cc(-n2ccnc2)ccc1-c1cnc(SC2CCNCC2(F)F)cn1. The zero-order valence-electron chi connectivity index (χ0n) is 14.2. The van der Waals surface area contributed by atoms with E-state index < -0.39 is 11.2 Å². The normalized spacial score (nSPS) is 19.1. The Morgan fingerprint density at radius 2 is 2.15 bits per heavy atom. The number of phenolic OH excluding ortho intramolecular Hbond substituents is 1. The monoisotopic (exact) mass is 389 g/mol. The molecule has 9 heteroatoms. The molecule has 2 aromatic heterocycles. The van der Waals surface area contributed by atoms with Gasteiger partial charge in [-0.25, -0.2) is 18.7 Å². The topological polar surface area (TPSA) is 75.9 Å². The molecule has 0 amide bonds. The average molecular weight is 389 g/mol. The van der Waals surface area contributed by atoms with E-state index in [-0.39, 0.29) is 12.3 Å². The summed E-state index contributed by atoms with van der Waals surface area (Å²) in [5.41, 5.74) is 1.77. The number of alkyl halides is 2. The van der Waals surface area contributed by atoms with Crippen molar-refractivity contribution in [3.63, 3.8) is 0 Å². The van der Waals surface area contributed by atoms with E-state index in [1.807, 2.05) is 6.07 Å². The quantitative estimate of drug-likeness (QED) is 0.714. The molecule has 1 saturated heterocycles. The third kappa shape index (κ3) is 3.79. The van der Waals surface area contributed by atoms with E-state index in [4.69, 9.17) is 0 Å². The molecule has 0 bridgehead atoms. The molecule has 0 spiro atoms. The molecule has 27 heavy (non-hydrogen) atoms. The number of nitrogens with one attached hydrogen (secondary N) is 1. The van der Waals surface area contributed by atoms with Gasteiger partial charge in [0.2, 0.25) is 0 Å². The molecule has 1 aromatic carbocycles. The second kappa shape index (κ2) is 7.24. The van der Waals surface area contributed by atoms with Crippen molar-refractivity contribution < 1.29 is 13.9 Å². The van der Waals surface area contributed by atoms with Crippen LogP contribution < -0.4 is 5.32 Å². The molecule has 0 aliphatic carbocycles. The maximum atomic E-state index is 13.9. The first kappa shape index (κ1) is 17.9. The molecule has 1 unspecified atom stereocenters. The Balaban J connectivity index is 1.52. The highest BCUT2D eigenvalue weighted by Crippen LogP contribution is 2.37. The summed E-state index contributed by atoms with van der Waals surface area (Å²) >= 11 is 1.04. The molecule has 1 aliphatic heterocycles. The van der Waals surface area contributed by atoms with E-state index in [1.165, 1.54) is 12.4 Å². The van der Waals surface area contributed by atoms with Gasteiger partial charge in [0.25, 0.3) is 5.92 Å². The second-order valence-electron chi connectivity index (χ2n) is 6.24. The Hall–Kier alpha value is -2.52. The van der Waals surface area contributed by atoms with Gasteiger partial charge in [-0.05, 0) is 25.1 Å². The van der Waals surface area contributed by atoms with E-state index in [0.717, 1.165) is 17.4 Å². The van der Waals surface area contributed by atoms with Crippen LogP contribution >= 0.6 is 11.8 Å². The first-order valence-corrected chi connectivity index (χ1v) is 9.30. The number of imidazole rings is 1. The van der Waals surface area contributed by atoms with Crippen LogP contribution in [0.1, 0.15) is 6.42 Å². The van der Waals surface area contributed by atoms with Gasteiger partial charge in [-0.1, -0.05) is 11.8 Å². The van der Waals surface area contributed by atoms with Gasteiger partial charge in [0.05, 0.1) is 41.9 Å². The molecule has 1 fully saturated rings. The molecule has 140 valence electrons. The van der Waals surface area contributed by atoms with Gasteiger partial charge in [0.15, 0.2) is 0 Å². The van der Waals surface area contributed by atoms with E-state index in [1.54, 1.807) is 35.4 Å². The number of hydrogen-bond donors (Lipinski definition) is 2. The number of phenols is 1. The van der Waals surface area contributed by atoms with Gasteiger partial charge in [-0.2, -0.15) is 0 Å². The predicted molar refractivity (Wildman–Crippen MR) is 98.3 cm³/mol. The Labute approximate surface area is 158 Å². The third-order valence-corrected chi connectivity index (χ3v) is 5.68. The Kier molecular flexibility index (Phi) is 4.79. The highest BCUT2D eigenvalue weighted by molar-refractivity contribution is 7.99. The van der Waals surface area contributed by atoms with Crippen LogP contribution in [-0.2, 0) is 0 Å². The number of nitrogens with zero attached hydrogens (tertiary/aromatic N) is 4. The summed E-state index contributed by atoms with van der Waals surface area (Å²) in [5.74, 6) is -2.72. The minimum atomic E-state index is -2.77. The summed E-state index contributed by atoms with van der Waals surface area (Å²) in [7, 11) is 0.